The molecule has 0 unspecified atom stereocenters. The average Bonchev–Trinajstić information content (AvgIpc) is 2.52. The number of benzene rings is 1. The summed E-state index contributed by atoms with van der Waals surface area (Å²) in [5, 5.41) is 2.77. The van der Waals surface area contributed by atoms with Crippen molar-refractivity contribution >= 4 is 17.9 Å². The monoisotopic (exact) mass is 345 g/mol. The molecule has 1 N–H and O–H groups in total. The molecule has 2 aliphatic carbocycles. The van der Waals surface area contributed by atoms with Crippen LogP contribution in [-0.4, -0.2) is 11.8 Å². The van der Waals surface area contributed by atoms with Gasteiger partial charge >= 0.3 is 0 Å². The molecule has 1 aromatic rings. The third-order valence-corrected chi connectivity index (χ3v) is 6.97. The van der Waals surface area contributed by atoms with Gasteiger partial charge in [0, 0.05) is 6.54 Å². The molecule has 1 saturated carbocycles. The van der Waals surface area contributed by atoms with Crippen molar-refractivity contribution in [2.45, 2.75) is 71.1 Å². The Kier molecular flexibility index (Phi) is 4.76. The number of rotatable bonds is 3. The van der Waals surface area contributed by atoms with Crippen LogP contribution >= 0.6 is 12.6 Å². The van der Waals surface area contributed by atoms with Crippen molar-refractivity contribution < 1.29 is 4.79 Å². The molecule has 0 aliphatic heterocycles. The number of nitrogens with one attached hydrogen (secondary N) is 1. The third-order valence-electron chi connectivity index (χ3n) is 6.81. The summed E-state index contributed by atoms with van der Waals surface area (Å²) < 4.78 is 0. The van der Waals surface area contributed by atoms with E-state index in [1.54, 1.807) is 11.1 Å². The van der Waals surface area contributed by atoms with Crippen LogP contribution in [0.15, 0.2) is 18.2 Å². The Hall–Kier alpha value is -0.960. The number of hydrogen-bond acceptors (Lipinski definition) is 1. The highest BCUT2D eigenvalue weighted by molar-refractivity contribution is 7.96. The lowest BCUT2D eigenvalue weighted by Gasteiger charge is -2.55. The lowest BCUT2D eigenvalue weighted by molar-refractivity contribution is 0.0284. The van der Waals surface area contributed by atoms with Gasteiger partial charge in [-0.3, -0.25) is 4.79 Å². The summed E-state index contributed by atoms with van der Waals surface area (Å²) in [6.45, 7) is 10.1. The van der Waals surface area contributed by atoms with Crippen molar-refractivity contribution in [2.75, 3.05) is 6.54 Å². The number of amides is 1. The van der Waals surface area contributed by atoms with E-state index < -0.39 is 0 Å². The summed E-state index contributed by atoms with van der Waals surface area (Å²) in [6, 6.07) is 7.18. The van der Waals surface area contributed by atoms with Crippen molar-refractivity contribution in [3.8, 4) is 0 Å². The minimum absolute atomic E-state index is 0.166. The summed E-state index contributed by atoms with van der Waals surface area (Å²) in [5.41, 5.74) is 4.97. The van der Waals surface area contributed by atoms with Crippen LogP contribution in [0.2, 0.25) is 0 Å². The van der Waals surface area contributed by atoms with Gasteiger partial charge in [0.1, 0.15) is 0 Å². The Bertz CT molecular complexity index is 641. The SMILES string of the molecule is CC(C)c1ccc2c(c1)CC[C@H]1[C@](C)(CNC(=O)S)CCC[C@@]21C. The number of carbonyl (C=O) groups excluding carboxylic acids is 1. The maximum atomic E-state index is 11.3. The summed E-state index contributed by atoms with van der Waals surface area (Å²) in [5.74, 6) is 1.21. The molecule has 0 radical (unpaired) electrons. The average molecular weight is 346 g/mol. The first kappa shape index (κ1) is 17.8. The molecule has 2 aliphatic rings. The number of fused-ring (bicyclic) bond motifs is 3. The van der Waals surface area contributed by atoms with Gasteiger partial charge in [0.2, 0.25) is 0 Å². The minimum Gasteiger partial charge on any atom is -0.347 e. The molecule has 3 atom stereocenters. The smallest absolute Gasteiger partial charge is 0.275 e. The highest BCUT2D eigenvalue weighted by Gasteiger charge is 2.51. The second kappa shape index (κ2) is 6.40. The summed E-state index contributed by atoms with van der Waals surface area (Å²) in [7, 11) is 0. The Morgan fingerprint density at radius 1 is 1.33 bits per heavy atom. The van der Waals surface area contributed by atoms with Crippen LogP contribution in [0.3, 0.4) is 0 Å². The van der Waals surface area contributed by atoms with Gasteiger partial charge in [0.15, 0.2) is 0 Å². The quantitative estimate of drug-likeness (QED) is 0.700. The van der Waals surface area contributed by atoms with E-state index in [0.29, 0.717) is 11.8 Å². The Balaban J connectivity index is 1.95. The van der Waals surface area contributed by atoms with Crippen molar-refractivity contribution in [1.82, 2.24) is 5.32 Å². The van der Waals surface area contributed by atoms with Crippen LogP contribution in [-0.2, 0) is 11.8 Å². The molecule has 132 valence electrons. The molecular formula is C21H31NOS. The second-order valence-corrected chi connectivity index (χ2v) is 9.15. The van der Waals surface area contributed by atoms with Crippen molar-refractivity contribution in [3.63, 3.8) is 0 Å². The number of thiol groups is 1. The highest BCUT2D eigenvalue weighted by Crippen LogP contribution is 2.57. The third kappa shape index (κ3) is 3.00. The van der Waals surface area contributed by atoms with Gasteiger partial charge in [-0.1, -0.05) is 64.9 Å². The van der Waals surface area contributed by atoms with Gasteiger partial charge in [-0.15, -0.1) is 0 Å². The van der Waals surface area contributed by atoms with E-state index in [2.05, 4.69) is 63.8 Å². The van der Waals surface area contributed by atoms with Crippen LogP contribution in [0.25, 0.3) is 0 Å². The summed E-state index contributed by atoms with van der Waals surface area (Å²) in [4.78, 5) is 11.3. The molecule has 0 spiro atoms. The second-order valence-electron chi connectivity index (χ2n) is 8.75. The Labute approximate surface area is 152 Å². The molecule has 0 bridgehead atoms. The van der Waals surface area contributed by atoms with Gasteiger partial charge in [-0.2, -0.15) is 0 Å². The van der Waals surface area contributed by atoms with Gasteiger partial charge in [-0.05, 0) is 65.0 Å². The van der Waals surface area contributed by atoms with Crippen molar-refractivity contribution in [3.05, 3.63) is 34.9 Å². The van der Waals surface area contributed by atoms with E-state index in [0.717, 1.165) is 6.54 Å². The fourth-order valence-corrected chi connectivity index (χ4v) is 5.57. The molecule has 24 heavy (non-hydrogen) atoms. The minimum atomic E-state index is -0.207. The first-order valence-electron chi connectivity index (χ1n) is 9.36. The molecule has 0 heterocycles. The molecule has 1 fully saturated rings. The molecule has 3 heteroatoms. The maximum Gasteiger partial charge on any atom is 0.275 e. The lowest BCUT2D eigenvalue weighted by Crippen LogP contribution is -2.52. The normalized spacial score (nSPS) is 32.2. The van der Waals surface area contributed by atoms with Crippen LogP contribution < -0.4 is 5.32 Å². The van der Waals surface area contributed by atoms with Gasteiger partial charge < -0.3 is 5.32 Å². The zero-order chi connectivity index (χ0) is 17.5. The van der Waals surface area contributed by atoms with Gasteiger partial charge in [0.25, 0.3) is 5.24 Å². The van der Waals surface area contributed by atoms with Crippen LogP contribution in [0.5, 0.6) is 0 Å². The molecule has 1 amide bonds. The topological polar surface area (TPSA) is 29.1 Å². The van der Waals surface area contributed by atoms with E-state index in [-0.39, 0.29) is 16.1 Å². The Morgan fingerprint density at radius 2 is 2.08 bits per heavy atom. The van der Waals surface area contributed by atoms with Crippen molar-refractivity contribution in [2.24, 2.45) is 11.3 Å². The predicted molar refractivity (Wildman–Crippen MR) is 104 cm³/mol. The molecule has 2 nitrogen and oxygen atoms in total. The maximum absolute atomic E-state index is 11.3. The number of carbonyl (C=O) groups is 1. The van der Waals surface area contributed by atoms with E-state index in [4.69, 9.17) is 0 Å². The Morgan fingerprint density at radius 3 is 2.75 bits per heavy atom. The largest absolute Gasteiger partial charge is 0.347 e. The fourth-order valence-electron chi connectivity index (χ4n) is 5.49. The lowest BCUT2D eigenvalue weighted by atomic mass is 9.49. The molecular weight excluding hydrogens is 314 g/mol. The predicted octanol–water partition coefficient (Wildman–Crippen LogP) is 5.46. The van der Waals surface area contributed by atoms with Crippen molar-refractivity contribution in [1.29, 1.82) is 0 Å². The van der Waals surface area contributed by atoms with Gasteiger partial charge in [0.05, 0.1) is 0 Å². The van der Waals surface area contributed by atoms with E-state index in [1.807, 2.05) is 0 Å². The fraction of sp³-hybridized carbons (Fsp3) is 0.667. The zero-order valence-corrected chi connectivity index (χ0v) is 16.4. The molecule has 0 aromatic heterocycles. The number of hydrogen-bond donors (Lipinski definition) is 2. The van der Waals surface area contributed by atoms with E-state index >= 15 is 0 Å². The zero-order valence-electron chi connectivity index (χ0n) is 15.5. The standard InChI is InChI=1S/C21H31NOS/c1-14(2)15-6-8-17-16(12-15)7-9-18-20(3,13-22-19(23)24)10-5-11-21(17,18)4/h6,8,12,14,18H,5,7,9-11,13H2,1-4H3,(H2,22,23,24)/t18-,20-,21-/m0/s1. The molecule has 3 rings (SSSR count). The summed E-state index contributed by atoms with van der Waals surface area (Å²) in [6.07, 6.45) is 6.08. The van der Waals surface area contributed by atoms with Crippen LogP contribution in [0.4, 0.5) is 4.79 Å². The molecule has 1 aromatic carbocycles. The van der Waals surface area contributed by atoms with Crippen LogP contribution in [0, 0.1) is 11.3 Å². The molecule has 0 saturated heterocycles. The summed E-state index contributed by atoms with van der Waals surface area (Å²) >= 11 is 3.90. The van der Waals surface area contributed by atoms with Gasteiger partial charge in [-0.25, -0.2) is 0 Å². The van der Waals surface area contributed by atoms with E-state index in [9.17, 15) is 4.79 Å². The first-order valence-corrected chi connectivity index (χ1v) is 9.81. The van der Waals surface area contributed by atoms with Crippen LogP contribution in [0.1, 0.15) is 76.0 Å². The highest BCUT2D eigenvalue weighted by atomic mass is 32.1. The van der Waals surface area contributed by atoms with E-state index in [1.165, 1.54) is 37.7 Å². The first-order chi connectivity index (χ1) is 11.3. The number of aryl methyl sites for hydroxylation is 1.